The molecule has 0 saturated carbocycles. The number of benzene rings is 1. The molecule has 0 aliphatic rings. The predicted molar refractivity (Wildman–Crippen MR) is 102 cm³/mol. The van der Waals surface area contributed by atoms with Crippen LogP contribution in [0.1, 0.15) is 38.8 Å². The minimum atomic E-state index is 0. The van der Waals surface area contributed by atoms with Gasteiger partial charge in [0.05, 0.1) is 6.54 Å². The summed E-state index contributed by atoms with van der Waals surface area (Å²) < 4.78 is 0. The van der Waals surface area contributed by atoms with E-state index < -0.39 is 0 Å². The number of halogens is 1. The Morgan fingerprint density at radius 3 is 2.29 bits per heavy atom. The quantitative estimate of drug-likeness (QED) is 0.418. The zero-order chi connectivity index (χ0) is 15.0. The molecular formula is C16H29IN4. The number of nitrogens with two attached hydrogens (primary N) is 1. The summed E-state index contributed by atoms with van der Waals surface area (Å²) in [6.07, 6.45) is 0. The lowest BCUT2D eigenvalue weighted by atomic mass is 10.1. The predicted octanol–water partition coefficient (Wildman–Crippen LogP) is 2.96. The summed E-state index contributed by atoms with van der Waals surface area (Å²) in [7, 11) is 0. The first-order valence-corrected chi connectivity index (χ1v) is 7.42. The number of aliphatic imine (C=N–C) groups is 1. The zero-order valence-electron chi connectivity index (χ0n) is 13.6. The second-order valence-electron chi connectivity index (χ2n) is 5.23. The molecule has 0 fully saturated rings. The topological polar surface area (TPSA) is 53.6 Å². The molecule has 0 radical (unpaired) electrons. The van der Waals surface area contributed by atoms with Crippen LogP contribution >= 0.6 is 24.0 Å². The molecule has 0 heterocycles. The van der Waals surface area contributed by atoms with Gasteiger partial charge in [0.2, 0.25) is 0 Å². The highest BCUT2D eigenvalue weighted by Gasteiger charge is 2.06. The van der Waals surface area contributed by atoms with Crippen LogP contribution in [-0.4, -0.2) is 30.0 Å². The summed E-state index contributed by atoms with van der Waals surface area (Å²) in [4.78, 5) is 6.82. The van der Waals surface area contributed by atoms with Gasteiger partial charge in [0.25, 0.3) is 0 Å². The molecule has 1 aromatic rings. The number of guanidine groups is 1. The Kier molecular flexibility index (Phi) is 10.4. The van der Waals surface area contributed by atoms with Gasteiger partial charge >= 0.3 is 0 Å². The van der Waals surface area contributed by atoms with E-state index in [1.807, 2.05) is 0 Å². The number of hydrogen-bond acceptors (Lipinski definition) is 2. The third kappa shape index (κ3) is 7.66. The van der Waals surface area contributed by atoms with Gasteiger partial charge in [0, 0.05) is 12.6 Å². The fourth-order valence-electron chi connectivity index (χ4n) is 2.07. The molecule has 4 nitrogen and oxygen atoms in total. The smallest absolute Gasteiger partial charge is 0.189 e. The Balaban J connectivity index is 0.00000400. The number of rotatable bonds is 7. The van der Waals surface area contributed by atoms with E-state index in [-0.39, 0.29) is 24.0 Å². The SMILES string of the molecule is CCN(CC)Cc1ccccc1CN=C(N)NC(C)C.I. The van der Waals surface area contributed by atoms with Gasteiger partial charge < -0.3 is 11.1 Å². The lowest BCUT2D eigenvalue weighted by molar-refractivity contribution is 0.295. The van der Waals surface area contributed by atoms with E-state index in [0.717, 1.165) is 19.6 Å². The second kappa shape index (κ2) is 10.8. The monoisotopic (exact) mass is 404 g/mol. The highest BCUT2D eigenvalue weighted by atomic mass is 127. The molecule has 0 unspecified atom stereocenters. The Hall–Kier alpha value is -0.820. The van der Waals surface area contributed by atoms with Crippen LogP contribution in [0, 0.1) is 0 Å². The van der Waals surface area contributed by atoms with Crippen LogP contribution in [0.25, 0.3) is 0 Å². The van der Waals surface area contributed by atoms with Crippen molar-refractivity contribution in [2.75, 3.05) is 13.1 Å². The van der Waals surface area contributed by atoms with Crippen molar-refractivity contribution in [1.29, 1.82) is 0 Å². The van der Waals surface area contributed by atoms with Crippen LogP contribution in [0.2, 0.25) is 0 Å². The van der Waals surface area contributed by atoms with Gasteiger partial charge in [0.1, 0.15) is 0 Å². The van der Waals surface area contributed by atoms with Gasteiger partial charge in [-0.25, -0.2) is 4.99 Å². The second-order valence-corrected chi connectivity index (χ2v) is 5.23. The molecule has 0 saturated heterocycles. The van der Waals surface area contributed by atoms with Crippen LogP contribution in [0.15, 0.2) is 29.3 Å². The number of nitrogens with one attached hydrogen (secondary N) is 1. The van der Waals surface area contributed by atoms with Gasteiger partial charge in [-0.05, 0) is 38.1 Å². The van der Waals surface area contributed by atoms with Gasteiger partial charge in [-0.3, -0.25) is 4.90 Å². The molecule has 3 N–H and O–H groups in total. The van der Waals surface area contributed by atoms with Gasteiger partial charge in [-0.2, -0.15) is 0 Å². The maximum Gasteiger partial charge on any atom is 0.189 e. The van der Waals surface area contributed by atoms with Crippen molar-refractivity contribution in [1.82, 2.24) is 10.2 Å². The van der Waals surface area contributed by atoms with Gasteiger partial charge in [-0.1, -0.05) is 38.1 Å². The van der Waals surface area contributed by atoms with Crippen LogP contribution in [0.5, 0.6) is 0 Å². The van der Waals surface area contributed by atoms with E-state index in [2.05, 4.69) is 67.2 Å². The molecular weight excluding hydrogens is 375 g/mol. The Morgan fingerprint density at radius 1 is 1.19 bits per heavy atom. The Morgan fingerprint density at radius 2 is 1.76 bits per heavy atom. The summed E-state index contributed by atoms with van der Waals surface area (Å²) in [5.74, 6) is 0.512. The standard InChI is InChI=1S/C16H28N4.HI/c1-5-20(6-2)12-15-10-8-7-9-14(15)11-18-16(17)19-13(3)4;/h7-10,13H,5-6,11-12H2,1-4H3,(H3,17,18,19);1H. The molecule has 0 atom stereocenters. The van der Waals surface area contributed by atoms with Gasteiger partial charge in [0.15, 0.2) is 5.96 Å². The highest BCUT2D eigenvalue weighted by Crippen LogP contribution is 2.12. The molecule has 21 heavy (non-hydrogen) atoms. The molecule has 120 valence electrons. The molecule has 0 bridgehead atoms. The van der Waals surface area contributed by atoms with Gasteiger partial charge in [-0.15, -0.1) is 24.0 Å². The maximum absolute atomic E-state index is 5.85. The van der Waals surface area contributed by atoms with E-state index in [1.54, 1.807) is 0 Å². The van der Waals surface area contributed by atoms with Crippen molar-refractivity contribution in [3.63, 3.8) is 0 Å². The molecule has 0 aromatic heterocycles. The summed E-state index contributed by atoms with van der Waals surface area (Å²) in [5.41, 5.74) is 8.43. The normalized spacial score (nSPS) is 11.6. The third-order valence-corrected chi connectivity index (χ3v) is 3.26. The van der Waals surface area contributed by atoms with Crippen molar-refractivity contribution < 1.29 is 0 Å². The fourth-order valence-corrected chi connectivity index (χ4v) is 2.07. The van der Waals surface area contributed by atoms with Crippen molar-refractivity contribution in [3.05, 3.63) is 35.4 Å². The van der Waals surface area contributed by atoms with E-state index >= 15 is 0 Å². The molecule has 0 aliphatic carbocycles. The Bertz CT molecular complexity index is 428. The van der Waals surface area contributed by atoms with Crippen LogP contribution < -0.4 is 11.1 Å². The van der Waals surface area contributed by atoms with Crippen LogP contribution in [-0.2, 0) is 13.1 Å². The lowest BCUT2D eigenvalue weighted by Gasteiger charge is -2.19. The van der Waals surface area contributed by atoms with Crippen molar-refractivity contribution in [2.45, 2.75) is 46.8 Å². The molecule has 1 rings (SSSR count). The Labute approximate surface area is 146 Å². The summed E-state index contributed by atoms with van der Waals surface area (Å²) in [6, 6.07) is 8.76. The number of nitrogens with zero attached hydrogens (tertiary/aromatic N) is 2. The summed E-state index contributed by atoms with van der Waals surface area (Å²) in [6.45, 7) is 12.2. The summed E-state index contributed by atoms with van der Waals surface area (Å²) >= 11 is 0. The van der Waals surface area contributed by atoms with E-state index in [1.165, 1.54) is 11.1 Å². The highest BCUT2D eigenvalue weighted by molar-refractivity contribution is 14.0. The first-order chi connectivity index (χ1) is 9.56. The average molecular weight is 404 g/mol. The first-order valence-electron chi connectivity index (χ1n) is 7.42. The molecule has 0 aliphatic heterocycles. The van der Waals surface area contributed by atoms with E-state index in [9.17, 15) is 0 Å². The lowest BCUT2D eigenvalue weighted by Crippen LogP contribution is -2.36. The third-order valence-electron chi connectivity index (χ3n) is 3.26. The zero-order valence-corrected chi connectivity index (χ0v) is 15.9. The molecule has 0 amide bonds. The van der Waals surface area contributed by atoms with Crippen LogP contribution in [0.3, 0.4) is 0 Å². The van der Waals surface area contributed by atoms with Crippen molar-refractivity contribution in [3.8, 4) is 0 Å². The van der Waals surface area contributed by atoms with Crippen molar-refractivity contribution >= 4 is 29.9 Å². The maximum atomic E-state index is 5.85. The largest absolute Gasteiger partial charge is 0.370 e. The fraction of sp³-hybridized carbons (Fsp3) is 0.562. The summed E-state index contributed by atoms with van der Waals surface area (Å²) in [5, 5.41) is 3.11. The number of hydrogen-bond donors (Lipinski definition) is 2. The molecule has 0 spiro atoms. The average Bonchev–Trinajstić information content (AvgIpc) is 2.42. The molecule has 5 heteroatoms. The minimum Gasteiger partial charge on any atom is -0.370 e. The minimum absolute atomic E-state index is 0. The first kappa shape index (κ1) is 20.2. The molecule has 1 aromatic carbocycles. The van der Waals surface area contributed by atoms with E-state index in [4.69, 9.17) is 5.73 Å². The van der Waals surface area contributed by atoms with Crippen LogP contribution in [0.4, 0.5) is 0 Å². The van der Waals surface area contributed by atoms with E-state index in [0.29, 0.717) is 18.5 Å². The van der Waals surface area contributed by atoms with Crippen molar-refractivity contribution in [2.24, 2.45) is 10.7 Å².